The van der Waals surface area contributed by atoms with E-state index in [0.29, 0.717) is 16.7 Å². The summed E-state index contributed by atoms with van der Waals surface area (Å²) in [5, 5.41) is 11.8. The van der Waals surface area contributed by atoms with Crippen LogP contribution in [0.2, 0.25) is 0 Å². The van der Waals surface area contributed by atoms with E-state index in [0.717, 1.165) is 22.1 Å². The number of non-ortho nitro benzene ring substituents is 1. The molecule has 138 valence electrons. The monoisotopic (exact) mass is 371 g/mol. The third-order valence-electron chi connectivity index (χ3n) is 4.90. The average Bonchev–Trinajstić information content (AvgIpc) is 2.71. The first kappa shape index (κ1) is 17.7. The number of hydrogen-bond acceptors (Lipinski definition) is 4. The summed E-state index contributed by atoms with van der Waals surface area (Å²) >= 11 is 0. The zero-order valence-electron chi connectivity index (χ0n) is 15.2. The normalized spacial score (nSPS) is 10.9. The van der Waals surface area contributed by atoms with E-state index in [2.05, 4.69) is 0 Å². The second-order valence-corrected chi connectivity index (χ2v) is 6.67. The molecule has 0 saturated carbocycles. The molecule has 0 fully saturated rings. The summed E-state index contributed by atoms with van der Waals surface area (Å²) in [5.41, 5.74) is 4.19. The molecule has 28 heavy (non-hydrogen) atoms. The van der Waals surface area contributed by atoms with Crippen molar-refractivity contribution in [3.05, 3.63) is 110 Å². The number of benzene rings is 3. The Bertz CT molecular complexity index is 1240. The van der Waals surface area contributed by atoms with Crippen molar-refractivity contribution in [1.82, 2.24) is 0 Å². The maximum atomic E-state index is 12.6. The first-order valence-electron chi connectivity index (χ1n) is 8.88. The molecule has 5 nitrogen and oxygen atoms in total. The number of aryl methyl sites for hydroxylation is 1. The number of rotatable bonds is 4. The van der Waals surface area contributed by atoms with E-state index >= 15 is 0 Å². The molecule has 0 aliphatic carbocycles. The van der Waals surface area contributed by atoms with Crippen LogP contribution in [0.5, 0.6) is 0 Å². The minimum Gasteiger partial charge on any atom is -0.422 e. The Hall–Kier alpha value is -3.73. The van der Waals surface area contributed by atoms with Crippen LogP contribution in [-0.2, 0) is 6.42 Å². The van der Waals surface area contributed by atoms with Crippen LogP contribution in [0, 0.1) is 17.0 Å². The van der Waals surface area contributed by atoms with Crippen molar-refractivity contribution in [3.8, 4) is 11.1 Å². The fraction of sp³-hybridized carbons (Fsp3) is 0.0870. The molecule has 3 aromatic carbocycles. The first-order valence-corrected chi connectivity index (χ1v) is 8.88. The lowest BCUT2D eigenvalue weighted by Gasteiger charge is -2.09. The van der Waals surface area contributed by atoms with E-state index in [1.807, 2.05) is 55.5 Å². The minimum atomic E-state index is -0.440. The van der Waals surface area contributed by atoms with E-state index in [1.165, 1.54) is 12.1 Å². The van der Waals surface area contributed by atoms with Gasteiger partial charge in [-0.15, -0.1) is 0 Å². The van der Waals surface area contributed by atoms with Gasteiger partial charge in [-0.3, -0.25) is 10.1 Å². The molecule has 0 spiro atoms. The molecular formula is C23H17NO4. The van der Waals surface area contributed by atoms with Gasteiger partial charge in [-0.25, -0.2) is 4.79 Å². The Balaban J connectivity index is 1.77. The van der Waals surface area contributed by atoms with E-state index in [9.17, 15) is 14.9 Å². The highest BCUT2D eigenvalue weighted by atomic mass is 16.6. The zero-order chi connectivity index (χ0) is 19.7. The van der Waals surface area contributed by atoms with Gasteiger partial charge in [-0.05, 0) is 35.2 Å². The summed E-state index contributed by atoms with van der Waals surface area (Å²) < 4.78 is 5.60. The summed E-state index contributed by atoms with van der Waals surface area (Å²) in [6.07, 6.45) is 0.284. The molecule has 0 N–H and O–H groups in total. The quantitative estimate of drug-likeness (QED) is 0.278. The molecule has 0 atom stereocenters. The predicted octanol–water partition coefficient (Wildman–Crippen LogP) is 5.27. The highest BCUT2D eigenvalue weighted by Gasteiger charge is 2.14. The molecule has 4 rings (SSSR count). The summed E-state index contributed by atoms with van der Waals surface area (Å²) in [6.45, 7) is 1.88. The molecule has 0 saturated heterocycles. The summed E-state index contributed by atoms with van der Waals surface area (Å²) in [7, 11) is 0. The van der Waals surface area contributed by atoms with Crippen molar-refractivity contribution in [3.63, 3.8) is 0 Å². The van der Waals surface area contributed by atoms with Crippen LogP contribution in [-0.4, -0.2) is 4.92 Å². The summed E-state index contributed by atoms with van der Waals surface area (Å²) in [4.78, 5) is 23.2. The Morgan fingerprint density at radius 1 is 0.929 bits per heavy atom. The van der Waals surface area contributed by atoms with Crippen LogP contribution < -0.4 is 5.63 Å². The van der Waals surface area contributed by atoms with E-state index in [-0.39, 0.29) is 12.1 Å². The van der Waals surface area contributed by atoms with Gasteiger partial charge >= 0.3 is 5.63 Å². The maximum absolute atomic E-state index is 12.6. The zero-order valence-corrected chi connectivity index (χ0v) is 15.2. The van der Waals surface area contributed by atoms with E-state index in [4.69, 9.17) is 4.42 Å². The van der Waals surface area contributed by atoms with E-state index < -0.39 is 10.5 Å². The smallest absolute Gasteiger partial charge is 0.340 e. The van der Waals surface area contributed by atoms with Crippen LogP contribution in [0.25, 0.3) is 22.1 Å². The largest absolute Gasteiger partial charge is 0.422 e. The maximum Gasteiger partial charge on any atom is 0.340 e. The van der Waals surface area contributed by atoms with Crippen molar-refractivity contribution in [2.75, 3.05) is 0 Å². The highest BCUT2D eigenvalue weighted by Crippen LogP contribution is 2.27. The molecule has 5 heteroatoms. The molecule has 0 aliphatic heterocycles. The van der Waals surface area contributed by atoms with Crippen LogP contribution in [0.15, 0.2) is 82.0 Å². The molecular weight excluding hydrogens is 354 g/mol. The molecule has 0 bridgehead atoms. The molecule has 0 unspecified atom stereocenters. The van der Waals surface area contributed by atoms with Crippen molar-refractivity contribution < 1.29 is 9.34 Å². The van der Waals surface area contributed by atoms with Crippen molar-refractivity contribution in [1.29, 1.82) is 0 Å². The summed E-state index contributed by atoms with van der Waals surface area (Å²) in [6, 6.07) is 22.0. The van der Waals surface area contributed by atoms with Gasteiger partial charge in [0.1, 0.15) is 5.58 Å². The van der Waals surface area contributed by atoms with Crippen molar-refractivity contribution >= 4 is 16.7 Å². The molecule has 1 heterocycles. The Kier molecular flexibility index (Phi) is 4.49. The second-order valence-electron chi connectivity index (χ2n) is 6.67. The molecule has 1 aromatic heterocycles. The van der Waals surface area contributed by atoms with Gasteiger partial charge in [0, 0.05) is 29.5 Å². The number of nitro groups is 1. The number of nitro benzene ring substituents is 1. The molecule has 0 aliphatic rings. The standard InChI is InChI=1S/C23H17NO4/c1-15-20-11-10-18(17-7-3-2-4-8-17)14-22(20)28-23(25)21(15)13-16-6-5-9-19(12-16)24(26)27/h2-12,14H,13H2,1H3. The third-order valence-corrected chi connectivity index (χ3v) is 4.90. The SMILES string of the molecule is Cc1c(Cc2cccc([N+](=O)[O-])c2)c(=O)oc2cc(-c3ccccc3)ccc12. The fourth-order valence-electron chi connectivity index (χ4n) is 3.39. The van der Waals surface area contributed by atoms with E-state index in [1.54, 1.807) is 12.1 Å². The fourth-order valence-corrected chi connectivity index (χ4v) is 3.39. The lowest BCUT2D eigenvalue weighted by Crippen LogP contribution is -2.11. The Morgan fingerprint density at radius 2 is 1.71 bits per heavy atom. The second kappa shape index (κ2) is 7.12. The van der Waals surface area contributed by atoms with Crippen LogP contribution in [0.4, 0.5) is 5.69 Å². The van der Waals surface area contributed by atoms with Crippen LogP contribution >= 0.6 is 0 Å². The van der Waals surface area contributed by atoms with Gasteiger partial charge in [0.25, 0.3) is 5.69 Å². The topological polar surface area (TPSA) is 73.3 Å². The minimum absolute atomic E-state index is 0.00725. The lowest BCUT2D eigenvalue weighted by molar-refractivity contribution is -0.384. The molecule has 0 amide bonds. The molecule has 4 aromatic rings. The number of hydrogen-bond donors (Lipinski definition) is 0. The highest BCUT2D eigenvalue weighted by molar-refractivity contribution is 5.85. The van der Waals surface area contributed by atoms with Gasteiger partial charge in [0.2, 0.25) is 0 Å². The van der Waals surface area contributed by atoms with Gasteiger partial charge < -0.3 is 4.42 Å². The third kappa shape index (κ3) is 3.30. The van der Waals surface area contributed by atoms with Crippen LogP contribution in [0.3, 0.4) is 0 Å². The predicted molar refractivity (Wildman–Crippen MR) is 109 cm³/mol. The Morgan fingerprint density at radius 3 is 2.46 bits per heavy atom. The lowest BCUT2D eigenvalue weighted by atomic mass is 9.97. The van der Waals surface area contributed by atoms with Crippen LogP contribution in [0.1, 0.15) is 16.7 Å². The van der Waals surface area contributed by atoms with Crippen molar-refractivity contribution in [2.45, 2.75) is 13.3 Å². The summed E-state index contributed by atoms with van der Waals surface area (Å²) in [5.74, 6) is 0. The van der Waals surface area contributed by atoms with Crippen molar-refractivity contribution in [2.24, 2.45) is 0 Å². The molecule has 0 radical (unpaired) electrons. The number of fused-ring (bicyclic) bond motifs is 1. The Labute approximate surface area is 161 Å². The van der Waals surface area contributed by atoms with Gasteiger partial charge in [0.15, 0.2) is 0 Å². The van der Waals surface area contributed by atoms with Gasteiger partial charge in [-0.2, -0.15) is 0 Å². The van der Waals surface area contributed by atoms with Gasteiger partial charge in [0.05, 0.1) is 4.92 Å². The number of nitrogens with zero attached hydrogens (tertiary/aromatic N) is 1. The average molecular weight is 371 g/mol. The first-order chi connectivity index (χ1) is 13.5. The van der Waals surface area contributed by atoms with Gasteiger partial charge in [-0.1, -0.05) is 54.6 Å².